The molecule has 0 aliphatic carbocycles. The number of nitrogen functional groups attached to an aromatic ring is 1. The molecule has 3 N–H and O–H groups in total. The van der Waals surface area contributed by atoms with Crippen molar-refractivity contribution < 1.29 is 0 Å². The van der Waals surface area contributed by atoms with Crippen LogP contribution in [-0.4, -0.2) is 9.97 Å². The van der Waals surface area contributed by atoms with E-state index in [-0.39, 0.29) is 5.95 Å². The molecule has 0 aliphatic rings. The molecule has 0 aliphatic heterocycles. The molecule has 0 unspecified atom stereocenters. The summed E-state index contributed by atoms with van der Waals surface area (Å²) in [6, 6.07) is 1.99. The summed E-state index contributed by atoms with van der Waals surface area (Å²) in [5, 5.41) is 7.19. The van der Waals surface area contributed by atoms with Gasteiger partial charge in [-0.2, -0.15) is 16.3 Å². The molecule has 0 radical (unpaired) electrons. The lowest BCUT2D eigenvalue weighted by atomic mass is 10.3. The second-order valence-corrected chi connectivity index (χ2v) is 3.68. The van der Waals surface area contributed by atoms with Crippen LogP contribution >= 0.6 is 11.3 Å². The zero-order valence-corrected chi connectivity index (χ0v) is 8.51. The lowest BCUT2D eigenvalue weighted by Crippen LogP contribution is -2.01. The number of aromatic nitrogens is 2. The second kappa shape index (κ2) is 3.63. The zero-order valence-electron chi connectivity index (χ0n) is 7.69. The summed E-state index contributed by atoms with van der Waals surface area (Å²) in [6.07, 6.45) is 1.71. The highest BCUT2D eigenvalue weighted by atomic mass is 32.1. The van der Waals surface area contributed by atoms with Crippen LogP contribution in [0, 0.1) is 6.92 Å². The van der Waals surface area contributed by atoms with Crippen molar-refractivity contribution in [2.75, 3.05) is 11.1 Å². The van der Waals surface area contributed by atoms with Crippen molar-refractivity contribution in [1.82, 2.24) is 9.97 Å². The summed E-state index contributed by atoms with van der Waals surface area (Å²) in [5.74, 6) is 1.05. The predicted molar refractivity (Wildman–Crippen MR) is 58.8 cm³/mol. The third kappa shape index (κ3) is 1.82. The topological polar surface area (TPSA) is 63.8 Å². The smallest absolute Gasteiger partial charge is 0.221 e. The van der Waals surface area contributed by atoms with Gasteiger partial charge in [0.05, 0.1) is 5.69 Å². The first-order valence-electron chi connectivity index (χ1n) is 4.14. The zero-order chi connectivity index (χ0) is 9.97. The van der Waals surface area contributed by atoms with Gasteiger partial charge in [-0.1, -0.05) is 0 Å². The van der Waals surface area contributed by atoms with E-state index in [1.807, 2.05) is 23.8 Å². The number of rotatable bonds is 2. The molecule has 0 spiro atoms. The lowest BCUT2D eigenvalue weighted by molar-refractivity contribution is 1.15. The lowest BCUT2D eigenvalue weighted by Gasteiger charge is -2.06. The summed E-state index contributed by atoms with van der Waals surface area (Å²) in [4.78, 5) is 8.01. The van der Waals surface area contributed by atoms with Crippen LogP contribution in [0.1, 0.15) is 5.56 Å². The molecule has 0 atom stereocenters. The van der Waals surface area contributed by atoms with E-state index in [9.17, 15) is 0 Å². The van der Waals surface area contributed by atoms with Gasteiger partial charge >= 0.3 is 0 Å². The van der Waals surface area contributed by atoms with Gasteiger partial charge in [0.1, 0.15) is 5.82 Å². The second-order valence-electron chi connectivity index (χ2n) is 2.90. The molecule has 0 bridgehead atoms. The average Bonchev–Trinajstić information content (AvgIpc) is 2.64. The highest BCUT2D eigenvalue weighted by Gasteiger charge is 2.01. The predicted octanol–water partition coefficient (Wildman–Crippen LogP) is 2.17. The van der Waals surface area contributed by atoms with Crippen molar-refractivity contribution >= 4 is 28.8 Å². The van der Waals surface area contributed by atoms with Crippen molar-refractivity contribution in [1.29, 1.82) is 0 Å². The van der Waals surface area contributed by atoms with Gasteiger partial charge < -0.3 is 11.1 Å². The van der Waals surface area contributed by atoms with Crippen LogP contribution in [-0.2, 0) is 0 Å². The van der Waals surface area contributed by atoms with Crippen LogP contribution in [0.15, 0.2) is 23.0 Å². The van der Waals surface area contributed by atoms with Gasteiger partial charge in [0, 0.05) is 17.1 Å². The van der Waals surface area contributed by atoms with Crippen LogP contribution < -0.4 is 11.1 Å². The van der Waals surface area contributed by atoms with E-state index in [4.69, 9.17) is 5.73 Å². The molecule has 2 rings (SSSR count). The minimum Gasteiger partial charge on any atom is -0.368 e. The standard InChI is InChI=1S/C9H10N4S/c1-6-4-11-9(10)13-8(6)12-7-2-3-14-5-7/h2-5H,1H3,(H3,10,11,12,13). The summed E-state index contributed by atoms with van der Waals surface area (Å²) < 4.78 is 0. The maximum Gasteiger partial charge on any atom is 0.221 e. The third-order valence-electron chi connectivity index (χ3n) is 1.77. The Morgan fingerprint density at radius 2 is 2.36 bits per heavy atom. The molecule has 72 valence electrons. The van der Waals surface area contributed by atoms with E-state index in [2.05, 4.69) is 15.3 Å². The third-order valence-corrected chi connectivity index (χ3v) is 2.46. The Morgan fingerprint density at radius 3 is 3.07 bits per heavy atom. The maximum absolute atomic E-state index is 5.50. The number of nitrogens with zero attached hydrogens (tertiary/aromatic N) is 2. The first kappa shape index (κ1) is 8.96. The minimum atomic E-state index is 0.285. The molecule has 0 amide bonds. The quantitative estimate of drug-likeness (QED) is 0.790. The first-order chi connectivity index (χ1) is 6.75. The number of hydrogen-bond acceptors (Lipinski definition) is 5. The fourth-order valence-electron chi connectivity index (χ4n) is 1.05. The number of nitrogens with one attached hydrogen (secondary N) is 1. The Morgan fingerprint density at radius 1 is 1.50 bits per heavy atom. The number of nitrogens with two attached hydrogens (primary N) is 1. The monoisotopic (exact) mass is 206 g/mol. The Kier molecular flexibility index (Phi) is 2.32. The minimum absolute atomic E-state index is 0.285. The van der Waals surface area contributed by atoms with Gasteiger partial charge in [-0.3, -0.25) is 0 Å². The number of thiophene rings is 1. The molecule has 14 heavy (non-hydrogen) atoms. The van der Waals surface area contributed by atoms with Gasteiger partial charge in [0.25, 0.3) is 0 Å². The van der Waals surface area contributed by atoms with Crippen molar-refractivity contribution in [3.63, 3.8) is 0 Å². The fourth-order valence-corrected chi connectivity index (χ4v) is 1.64. The number of aryl methyl sites for hydroxylation is 1. The van der Waals surface area contributed by atoms with Crippen LogP contribution in [0.2, 0.25) is 0 Å². The largest absolute Gasteiger partial charge is 0.368 e. The molecule has 2 heterocycles. The first-order valence-corrected chi connectivity index (χ1v) is 5.08. The molecule has 5 heteroatoms. The molecule has 0 saturated heterocycles. The van der Waals surface area contributed by atoms with E-state index < -0.39 is 0 Å². The van der Waals surface area contributed by atoms with E-state index in [1.54, 1.807) is 17.5 Å². The summed E-state index contributed by atoms with van der Waals surface area (Å²) >= 11 is 1.63. The van der Waals surface area contributed by atoms with Gasteiger partial charge in [0.15, 0.2) is 0 Å². The van der Waals surface area contributed by atoms with Gasteiger partial charge in [-0.15, -0.1) is 0 Å². The average molecular weight is 206 g/mol. The maximum atomic E-state index is 5.50. The fraction of sp³-hybridized carbons (Fsp3) is 0.111. The summed E-state index contributed by atoms with van der Waals surface area (Å²) in [6.45, 7) is 1.94. The Hall–Kier alpha value is -1.62. The van der Waals surface area contributed by atoms with Gasteiger partial charge in [0.2, 0.25) is 5.95 Å². The van der Waals surface area contributed by atoms with Crippen molar-refractivity contribution in [2.24, 2.45) is 0 Å². The van der Waals surface area contributed by atoms with Gasteiger partial charge in [-0.05, 0) is 18.4 Å². The van der Waals surface area contributed by atoms with E-state index >= 15 is 0 Å². The SMILES string of the molecule is Cc1cnc(N)nc1Nc1ccsc1. The molecular formula is C9H10N4S. The van der Waals surface area contributed by atoms with Crippen LogP contribution in [0.4, 0.5) is 17.5 Å². The Balaban J connectivity index is 2.28. The van der Waals surface area contributed by atoms with Gasteiger partial charge in [-0.25, -0.2) is 4.98 Å². The van der Waals surface area contributed by atoms with Crippen molar-refractivity contribution in [3.8, 4) is 0 Å². The normalized spacial score (nSPS) is 10.1. The van der Waals surface area contributed by atoms with Crippen molar-refractivity contribution in [3.05, 3.63) is 28.6 Å². The molecule has 2 aromatic rings. The molecule has 0 fully saturated rings. The van der Waals surface area contributed by atoms with Crippen LogP contribution in [0.5, 0.6) is 0 Å². The molecule has 2 aromatic heterocycles. The van der Waals surface area contributed by atoms with E-state index in [0.717, 1.165) is 17.1 Å². The number of hydrogen-bond donors (Lipinski definition) is 2. The molecule has 0 aromatic carbocycles. The number of anilines is 3. The summed E-state index contributed by atoms with van der Waals surface area (Å²) in [5.41, 5.74) is 7.50. The van der Waals surface area contributed by atoms with E-state index in [1.165, 1.54) is 0 Å². The molecular weight excluding hydrogens is 196 g/mol. The van der Waals surface area contributed by atoms with Crippen LogP contribution in [0.3, 0.4) is 0 Å². The van der Waals surface area contributed by atoms with E-state index in [0.29, 0.717) is 0 Å². The van der Waals surface area contributed by atoms with Crippen LogP contribution in [0.25, 0.3) is 0 Å². The Bertz CT molecular complexity index is 424. The molecule has 0 saturated carbocycles. The van der Waals surface area contributed by atoms with Crippen molar-refractivity contribution in [2.45, 2.75) is 6.92 Å². The summed E-state index contributed by atoms with van der Waals surface area (Å²) in [7, 11) is 0. The Labute approximate surface area is 85.8 Å². The highest BCUT2D eigenvalue weighted by Crippen LogP contribution is 2.20. The molecule has 4 nitrogen and oxygen atoms in total. The highest BCUT2D eigenvalue weighted by molar-refractivity contribution is 7.08.